The van der Waals surface area contributed by atoms with Crippen LogP contribution in [0.5, 0.6) is 0 Å². The zero-order chi connectivity index (χ0) is 17.8. The number of hydrogen-bond acceptors (Lipinski definition) is 5. The van der Waals surface area contributed by atoms with Gasteiger partial charge >= 0.3 is 0 Å². The number of thiophene rings is 1. The van der Waals surface area contributed by atoms with Gasteiger partial charge in [0.2, 0.25) is 5.91 Å². The Hall–Kier alpha value is -1.24. The van der Waals surface area contributed by atoms with Crippen molar-refractivity contribution in [3.8, 4) is 10.6 Å². The number of amides is 1. The Labute approximate surface area is 163 Å². The van der Waals surface area contributed by atoms with Crippen LogP contribution in [-0.2, 0) is 11.3 Å². The molecule has 26 heavy (non-hydrogen) atoms. The van der Waals surface area contributed by atoms with Crippen molar-refractivity contribution in [1.29, 1.82) is 0 Å². The second-order valence-corrected chi connectivity index (χ2v) is 9.36. The summed E-state index contributed by atoms with van der Waals surface area (Å²) in [6.07, 6.45) is 7.26. The van der Waals surface area contributed by atoms with Crippen molar-refractivity contribution in [2.24, 2.45) is 5.92 Å². The number of thiazole rings is 1. The lowest BCUT2D eigenvalue weighted by molar-refractivity contribution is -0.134. The van der Waals surface area contributed by atoms with E-state index in [1.807, 2.05) is 0 Å². The van der Waals surface area contributed by atoms with Crippen molar-refractivity contribution in [2.75, 3.05) is 26.2 Å². The summed E-state index contributed by atoms with van der Waals surface area (Å²) in [6.45, 7) is 4.57. The summed E-state index contributed by atoms with van der Waals surface area (Å²) in [7, 11) is 0. The maximum absolute atomic E-state index is 12.6. The highest BCUT2D eigenvalue weighted by atomic mass is 32.1. The van der Waals surface area contributed by atoms with Gasteiger partial charge in [0.1, 0.15) is 5.01 Å². The first-order valence-electron chi connectivity index (χ1n) is 9.76. The molecular formula is C20H27N3OS2. The van der Waals surface area contributed by atoms with Crippen LogP contribution >= 0.6 is 22.7 Å². The number of aromatic nitrogens is 1. The highest BCUT2D eigenvalue weighted by Crippen LogP contribution is 2.28. The molecule has 2 aromatic heterocycles. The molecule has 1 aliphatic carbocycles. The fourth-order valence-electron chi connectivity index (χ4n) is 4.03. The lowest BCUT2D eigenvalue weighted by Gasteiger charge is -2.35. The molecule has 6 heteroatoms. The highest BCUT2D eigenvalue weighted by Gasteiger charge is 2.24. The molecule has 0 N–H and O–H groups in total. The molecule has 1 saturated carbocycles. The number of carbonyl (C=O) groups is 1. The van der Waals surface area contributed by atoms with Crippen molar-refractivity contribution in [1.82, 2.24) is 14.8 Å². The van der Waals surface area contributed by atoms with E-state index in [9.17, 15) is 4.79 Å². The summed E-state index contributed by atoms with van der Waals surface area (Å²) in [5.41, 5.74) is 1.10. The molecule has 0 bridgehead atoms. The molecule has 4 rings (SSSR count). The van der Waals surface area contributed by atoms with Crippen LogP contribution in [0.15, 0.2) is 22.9 Å². The molecule has 0 unspecified atom stereocenters. The van der Waals surface area contributed by atoms with Gasteiger partial charge in [-0.2, -0.15) is 0 Å². The van der Waals surface area contributed by atoms with Crippen molar-refractivity contribution in [3.63, 3.8) is 0 Å². The molecule has 0 spiro atoms. The molecule has 1 saturated heterocycles. The molecule has 3 heterocycles. The summed E-state index contributed by atoms with van der Waals surface area (Å²) in [6, 6.07) is 4.20. The maximum atomic E-state index is 12.6. The number of hydrogen-bond donors (Lipinski definition) is 0. The van der Waals surface area contributed by atoms with Crippen LogP contribution in [0.1, 0.15) is 43.5 Å². The molecule has 0 aromatic carbocycles. The third-order valence-corrected chi connectivity index (χ3v) is 7.32. The Morgan fingerprint density at radius 1 is 1.12 bits per heavy atom. The molecule has 4 nitrogen and oxygen atoms in total. The fraction of sp³-hybridized carbons (Fsp3) is 0.600. The number of carbonyl (C=O) groups excluding carboxylic acids is 1. The van der Waals surface area contributed by atoms with Crippen LogP contribution in [0.4, 0.5) is 0 Å². The van der Waals surface area contributed by atoms with E-state index in [0.717, 1.165) is 44.8 Å². The molecule has 2 aliphatic rings. The Bertz CT molecular complexity index is 698. The van der Waals surface area contributed by atoms with Crippen LogP contribution in [0.2, 0.25) is 0 Å². The van der Waals surface area contributed by atoms with Crippen LogP contribution in [0, 0.1) is 5.92 Å². The molecule has 0 atom stereocenters. The van der Waals surface area contributed by atoms with Crippen molar-refractivity contribution in [2.45, 2.75) is 45.1 Å². The third kappa shape index (κ3) is 4.53. The van der Waals surface area contributed by atoms with E-state index < -0.39 is 0 Å². The van der Waals surface area contributed by atoms with E-state index in [2.05, 4.69) is 32.7 Å². The van der Waals surface area contributed by atoms with Gasteiger partial charge in [-0.25, -0.2) is 4.98 Å². The molecular weight excluding hydrogens is 362 g/mol. The quantitative estimate of drug-likeness (QED) is 0.756. The summed E-state index contributed by atoms with van der Waals surface area (Å²) in [5, 5.41) is 5.43. The fourth-order valence-corrected chi connectivity index (χ4v) is 5.63. The zero-order valence-corrected chi connectivity index (χ0v) is 16.9. The predicted molar refractivity (Wildman–Crippen MR) is 108 cm³/mol. The standard InChI is InChI=1S/C20H27N3OS2/c24-20(13-16-5-2-1-3-6-16)23-10-8-22(9-11-23)14-19-21-17(15-26-19)18-7-4-12-25-18/h4,7,12,15-16H,1-3,5-6,8-11,13-14H2. The summed E-state index contributed by atoms with van der Waals surface area (Å²) in [4.78, 5) is 23.1. The van der Waals surface area contributed by atoms with Crippen molar-refractivity contribution < 1.29 is 4.79 Å². The van der Waals surface area contributed by atoms with E-state index in [4.69, 9.17) is 4.98 Å². The van der Waals surface area contributed by atoms with Gasteiger partial charge in [0.25, 0.3) is 0 Å². The van der Waals surface area contributed by atoms with E-state index in [-0.39, 0.29) is 0 Å². The summed E-state index contributed by atoms with van der Waals surface area (Å²) >= 11 is 3.48. The monoisotopic (exact) mass is 389 g/mol. The van der Waals surface area contributed by atoms with Crippen LogP contribution in [0.3, 0.4) is 0 Å². The lowest BCUT2D eigenvalue weighted by Crippen LogP contribution is -2.48. The van der Waals surface area contributed by atoms with E-state index >= 15 is 0 Å². The van der Waals surface area contributed by atoms with Gasteiger partial charge in [-0.1, -0.05) is 25.3 Å². The van der Waals surface area contributed by atoms with Gasteiger partial charge in [-0.3, -0.25) is 9.69 Å². The van der Waals surface area contributed by atoms with Crippen LogP contribution < -0.4 is 0 Å². The topological polar surface area (TPSA) is 36.4 Å². The van der Waals surface area contributed by atoms with Gasteiger partial charge in [0.15, 0.2) is 0 Å². The second-order valence-electron chi connectivity index (χ2n) is 7.47. The maximum Gasteiger partial charge on any atom is 0.222 e. The molecule has 140 valence electrons. The normalized spacial score (nSPS) is 19.8. The highest BCUT2D eigenvalue weighted by molar-refractivity contribution is 7.14. The molecule has 1 amide bonds. The number of piperazine rings is 1. The number of rotatable bonds is 5. The first kappa shape index (κ1) is 18.1. The van der Waals surface area contributed by atoms with E-state index in [1.165, 1.54) is 42.0 Å². The van der Waals surface area contributed by atoms with Crippen LogP contribution in [-0.4, -0.2) is 46.9 Å². The third-order valence-electron chi connectivity index (χ3n) is 5.60. The molecule has 0 radical (unpaired) electrons. The molecule has 1 aliphatic heterocycles. The largest absolute Gasteiger partial charge is 0.340 e. The van der Waals surface area contributed by atoms with E-state index in [1.54, 1.807) is 22.7 Å². The van der Waals surface area contributed by atoms with Gasteiger partial charge in [0, 0.05) is 38.0 Å². The lowest BCUT2D eigenvalue weighted by atomic mass is 9.86. The summed E-state index contributed by atoms with van der Waals surface area (Å²) < 4.78 is 0. The predicted octanol–water partition coefficient (Wildman–Crippen LogP) is 4.49. The Balaban J connectivity index is 1.24. The minimum atomic E-state index is 0.380. The van der Waals surface area contributed by atoms with E-state index in [0.29, 0.717) is 11.8 Å². The second kappa shape index (κ2) is 8.63. The van der Waals surface area contributed by atoms with Crippen molar-refractivity contribution >= 4 is 28.6 Å². The van der Waals surface area contributed by atoms with Gasteiger partial charge in [-0.15, -0.1) is 22.7 Å². The van der Waals surface area contributed by atoms with Gasteiger partial charge in [0.05, 0.1) is 17.1 Å². The molecule has 2 fully saturated rings. The SMILES string of the molecule is O=C(CC1CCCCC1)N1CCN(Cc2nc(-c3cccs3)cs2)CC1. The van der Waals surface area contributed by atoms with Crippen molar-refractivity contribution in [3.05, 3.63) is 27.9 Å². The van der Waals surface area contributed by atoms with Crippen LogP contribution in [0.25, 0.3) is 10.6 Å². The first-order chi connectivity index (χ1) is 12.8. The number of nitrogens with zero attached hydrogens (tertiary/aromatic N) is 3. The Morgan fingerprint density at radius 3 is 2.65 bits per heavy atom. The minimum Gasteiger partial charge on any atom is -0.340 e. The average Bonchev–Trinajstić information content (AvgIpc) is 3.35. The minimum absolute atomic E-state index is 0.380. The zero-order valence-electron chi connectivity index (χ0n) is 15.2. The average molecular weight is 390 g/mol. The smallest absolute Gasteiger partial charge is 0.222 e. The summed E-state index contributed by atoms with van der Waals surface area (Å²) in [5.74, 6) is 1.02. The Morgan fingerprint density at radius 2 is 1.92 bits per heavy atom. The first-order valence-corrected chi connectivity index (χ1v) is 11.5. The molecule has 2 aromatic rings. The Kier molecular flexibility index (Phi) is 6.02. The van der Waals surface area contributed by atoms with Gasteiger partial charge in [-0.05, 0) is 30.2 Å². The van der Waals surface area contributed by atoms with Gasteiger partial charge < -0.3 is 4.90 Å².